The quantitative estimate of drug-likeness (QED) is 0.0998. The van der Waals surface area contributed by atoms with Gasteiger partial charge >= 0.3 is 12.2 Å². The second-order valence-corrected chi connectivity index (χ2v) is 13.2. The summed E-state index contributed by atoms with van der Waals surface area (Å²) in [5, 5.41) is 31.8. The number of carbonyl (C=O) groups excluding carboxylic acids is 2. The van der Waals surface area contributed by atoms with Crippen molar-refractivity contribution in [2.75, 3.05) is 37.1 Å². The number of para-hydroxylation sites is 2. The predicted molar refractivity (Wildman–Crippen MR) is 225 cm³/mol. The molecule has 1 atom stereocenters. The maximum atomic E-state index is 12.3. The fraction of sp³-hybridized carbons (Fsp3) is 0.375. The van der Waals surface area contributed by atoms with Crippen LogP contribution in [-0.2, 0) is 28.7 Å². The molecule has 5 N–H and O–H groups in total. The Morgan fingerprint density at radius 2 is 1.26 bits per heavy atom. The van der Waals surface area contributed by atoms with Crippen LogP contribution in [0.2, 0.25) is 0 Å². The van der Waals surface area contributed by atoms with E-state index in [2.05, 4.69) is 75.9 Å². The van der Waals surface area contributed by atoms with E-state index in [1.54, 1.807) is 12.1 Å². The van der Waals surface area contributed by atoms with Crippen molar-refractivity contribution in [1.82, 2.24) is 0 Å². The van der Waals surface area contributed by atoms with Crippen LogP contribution in [0.5, 0.6) is 5.75 Å². The molecule has 1 unspecified atom stereocenters. The molecule has 1 aliphatic carbocycles. The highest BCUT2D eigenvalue weighted by molar-refractivity contribution is 5.85. The molecule has 0 spiro atoms. The molecule has 0 fully saturated rings. The molecular weight excluding hydrogens is 733 g/mol. The van der Waals surface area contributed by atoms with Crippen LogP contribution in [0, 0.1) is 59.2 Å². The standard InChI is InChI=1S/2C24H25NO4/c26-12-6-2-5-10-20-21-11-7-13-28-23(21)15-17-14-19(16-22(17)20)29-24(27)25-18-8-3-1-4-9-18;26-20-14-7-3-1-5-12-18-23(19-13-6-2-4-8-15-21-27)29-24(28)25-22-16-10-9-11-17-22/h1,3-4,8-9,15,19,26H,2,6-7,11-14,16H2,(H,25,27);9-11,16-17,23,26-27H,7-8,14-15,18-21H2,(H,25,28). The molecule has 1 heterocycles. The summed E-state index contributed by atoms with van der Waals surface area (Å²) in [5.41, 5.74) is 5.87. The van der Waals surface area contributed by atoms with Gasteiger partial charge in [0.25, 0.3) is 0 Å². The molecule has 3 aromatic carbocycles. The van der Waals surface area contributed by atoms with E-state index in [4.69, 9.17) is 29.5 Å². The summed E-state index contributed by atoms with van der Waals surface area (Å²) in [4.78, 5) is 24.4. The lowest BCUT2D eigenvalue weighted by atomic mass is 9.93. The molecule has 0 saturated carbocycles. The highest BCUT2D eigenvalue weighted by atomic mass is 16.6. The monoisotopic (exact) mass is 782 g/mol. The van der Waals surface area contributed by atoms with Crippen molar-refractivity contribution in [3.8, 4) is 65.0 Å². The van der Waals surface area contributed by atoms with Crippen LogP contribution in [0.4, 0.5) is 21.0 Å². The number of unbranched alkanes of at least 4 members (excludes halogenated alkanes) is 3. The molecule has 10 nitrogen and oxygen atoms in total. The number of hydrogen-bond donors (Lipinski definition) is 5. The third kappa shape index (κ3) is 16.4. The van der Waals surface area contributed by atoms with E-state index < -0.39 is 18.3 Å². The highest BCUT2D eigenvalue weighted by Gasteiger charge is 2.30. The van der Waals surface area contributed by atoms with Crippen molar-refractivity contribution in [3.05, 3.63) is 89.0 Å². The van der Waals surface area contributed by atoms with E-state index >= 15 is 0 Å². The summed E-state index contributed by atoms with van der Waals surface area (Å²) in [5.74, 6) is 29.7. The first-order valence-corrected chi connectivity index (χ1v) is 19.6. The maximum absolute atomic E-state index is 12.3. The Bertz CT molecular complexity index is 2050. The van der Waals surface area contributed by atoms with Gasteiger partial charge in [-0.25, -0.2) is 9.59 Å². The molecular formula is C48H50N2O8. The van der Waals surface area contributed by atoms with Crippen molar-refractivity contribution in [2.24, 2.45) is 0 Å². The van der Waals surface area contributed by atoms with Gasteiger partial charge in [-0.2, -0.15) is 0 Å². The van der Waals surface area contributed by atoms with E-state index in [0.29, 0.717) is 75.6 Å². The zero-order valence-electron chi connectivity index (χ0n) is 32.7. The van der Waals surface area contributed by atoms with Crippen molar-refractivity contribution in [1.29, 1.82) is 0 Å². The molecule has 300 valence electrons. The van der Waals surface area contributed by atoms with Crippen LogP contribution in [0.15, 0.2) is 66.7 Å². The molecule has 10 heteroatoms. The number of hydrogen-bond acceptors (Lipinski definition) is 8. The van der Waals surface area contributed by atoms with Crippen molar-refractivity contribution < 1.29 is 39.1 Å². The molecule has 58 heavy (non-hydrogen) atoms. The summed E-state index contributed by atoms with van der Waals surface area (Å²) >= 11 is 0. The van der Waals surface area contributed by atoms with Crippen LogP contribution in [-0.4, -0.2) is 66.1 Å². The number of rotatable bonds is 12. The summed E-state index contributed by atoms with van der Waals surface area (Å²) < 4.78 is 17.0. The maximum Gasteiger partial charge on any atom is 0.411 e. The van der Waals surface area contributed by atoms with Gasteiger partial charge in [0.15, 0.2) is 0 Å². The van der Waals surface area contributed by atoms with Crippen LogP contribution >= 0.6 is 0 Å². The predicted octanol–water partition coefficient (Wildman–Crippen LogP) is 6.79. The molecule has 2 amide bonds. The van der Waals surface area contributed by atoms with Gasteiger partial charge in [0.2, 0.25) is 0 Å². The van der Waals surface area contributed by atoms with E-state index in [1.165, 1.54) is 11.1 Å². The van der Waals surface area contributed by atoms with E-state index in [1.807, 2.05) is 48.5 Å². The Morgan fingerprint density at radius 3 is 1.84 bits per heavy atom. The Morgan fingerprint density at radius 1 is 0.707 bits per heavy atom. The lowest BCUT2D eigenvalue weighted by Crippen LogP contribution is -2.22. The second-order valence-electron chi connectivity index (χ2n) is 13.2. The number of aliphatic hydroxyl groups excluding tert-OH is 3. The fourth-order valence-electron chi connectivity index (χ4n) is 5.88. The first kappa shape index (κ1) is 44.4. The molecule has 0 radical (unpaired) electrons. The van der Waals surface area contributed by atoms with Gasteiger partial charge in [-0.15, -0.1) is 0 Å². The van der Waals surface area contributed by atoms with Crippen LogP contribution < -0.4 is 15.4 Å². The molecule has 3 aromatic rings. The van der Waals surface area contributed by atoms with E-state index in [0.717, 1.165) is 36.3 Å². The van der Waals surface area contributed by atoms with Gasteiger partial charge in [-0.05, 0) is 97.2 Å². The van der Waals surface area contributed by atoms with Crippen LogP contribution in [0.1, 0.15) is 80.0 Å². The van der Waals surface area contributed by atoms with Gasteiger partial charge in [0.1, 0.15) is 18.0 Å². The fourth-order valence-corrected chi connectivity index (χ4v) is 5.88. The third-order valence-electron chi connectivity index (χ3n) is 8.62. The summed E-state index contributed by atoms with van der Waals surface area (Å²) in [6.45, 7) is 1.09. The Balaban J connectivity index is 0.000000257. The number of benzene rings is 3. The Labute approximate surface area is 342 Å². The smallest absolute Gasteiger partial charge is 0.411 e. The summed E-state index contributed by atoms with van der Waals surface area (Å²) in [6, 6.07) is 20.4. The van der Waals surface area contributed by atoms with Gasteiger partial charge < -0.3 is 29.5 Å². The zero-order valence-corrected chi connectivity index (χ0v) is 32.7. The minimum absolute atomic E-state index is 0.107. The van der Waals surface area contributed by atoms with Gasteiger partial charge in [-0.3, -0.25) is 10.6 Å². The highest BCUT2D eigenvalue weighted by Crippen LogP contribution is 2.37. The minimum atomic E-state index is -0.576. The van der Waals surface area contributed by atoms with Crippen molar-refractivity contribution >= 4 is 23.6 Å². The lowest BCUT2D eigenvalue weighted by molar-refractivity contribution is 0.115. The first-order chi connectivity index (χ1) is 28.5. The lowest BCUT2D eigenvalue weighted by Gasteiger charge is -2.21. The number of carbonyl (C=O) groups is 2. The molecule has 5 rings (SSSR count). The van der Waals surface area contributed by atoms with Gasteiger partial charge in [-0.1, -0.05) is 71.9 Å². The number of ether oxygens (including phenoxy) is 3. The van der Waals surface area contributed by atoms with E-state index in [9.17, 15) is 9.59 Å². The van der Waals surface area contributed by atoms with Gasteiger partial charge in [0, 0.05) is 87.3 Å². The average molecular weight is 783 g/mol. The number of fused-ring (bicyclic) bond motifs is 2. The largest absolute Gasteiger partial charge is 0.493 e. The molecule has 0 bridgehead atoms. The normalized spacial score (nSPS) is 12.7. The Kier molecular flexibility index (Phi) is 20.3. The molecule has 0 saturated heterocycles. The topological polar surface area (TPSA) is 147 Å². The minimum Gasteiger partial charge on any atom is -0.493 e. The molecule has 0 aromatic heterocycles. The Hall–Kier alpha value is -6.32. The first-order valence-electron chi connectivity index (χ1n) is 19.6. The third-order valence-corrected chi connectivity index (χ3v) is 8.62. The number of amides is 2. The van der Waals surface area contributed by atoms with E-state index in [-0.39, 0.29) is 25.9 Å². The SMILES string of the molecule is O=C(Nc1ccccc1)OC(CC#CC#CCCCO)CC#CC#CCCCO.O=C(Nc1ccccc1)OC1Cc2cc3c(c(C#CCCCO)c2C1)CCCO3. The summed E-state index contributed by atoms with van der Waals surface area (Å²) in [7, 11) is 0. The zero-order chi connectivity index (χ0) is 41.0. The van der Waals surface area contributed by atoms with Crippen molar-refractivity contribution in [2.45, 2.75) is 89.3 Å². The van der Waals surface area contributed by atoms with Gasteiger partial charge in [0.05, 0.1) is 6.61 Å². The van der Waals surface area contributed by atoms with Crippen LogP contribution in [0.3, 0.4) is 0 Å². The molecule has 2 aliphatic rings. The number of nitrogens with one attached hydrogen (secondary N) is 2. The second kappa shape index (κ2) is 26.5. The number of aliphatic hydroxyl groups is 3. The number of anilines is 2. The van der Waals surface area contributed by atoms with Crippen molar-refractivity contribution in [3.63, 3.8) is 0 Å². The summed E-state index contributed by atoms with van der Waals surface area (Å²) in [6.07, 6.45) is 5.86. The van der Waals surface area contributed by atoms with Crippen LogP contribution in [0.25, 0.3) is 0 Å². The molecule has 1 aliphatic heterocycles. The average Bonchev–Trinajstić information content (AvgIpc) is 3.63.